The molecule has 204 valence electrons. The molecule has 0 fully saturated rings. The van der Waals surface area contributed by atoms with Gasteiger partial charge >= 0.3 is 0 Å². The van der Waals surface area contributed by atoms with Gasteiger partial charge in [-0.3, -0.25) is 9.35 Å². The molecule has 7 heteroatoms. The zero-order valence-corrected chi connectivity index (χ0v) is 23.0. The number of rotatable bonds is 23. The second kappa shape index (κ2) is 23.0. The van der Waals surface area contributed by atoms with Crippen molar-refractivity contribution in [1.82, 2.24) is 5.32 Å². The first-order valence-corrected chi connectivity index (χ1v) is 15.3. The fraction of sp³-hybridized carbons (Fsp3) is 0.750. The number of allylic oxidation sites excluding steroid dienone is 5. The van der Waals surface area contributed by atoms with Gasteiger partial charge in [-0.1, -0.05) is 102 Å². The normalized spacial score (nSPS) is 14.3. The molecule has 0 bridgehead atoms. The lowest BCUT2D eigenvalue weighted by molar-refractivity contribution is -0.122. The largest absolute Gasteiger partial charge is 0.387 e. The Morgan fingerprint density at radius 1 is 0.771 bits per heavy atom. The van der Waals surface area contributed by atoms with E-state index in [0.717, 1.165) is 70.6 Å². The van der Waals surface area contributed by atoms with Gasteiger partial charge < -0.3 is 10.4 Å². The number of nitrogens with one attached hydrogen (secondary N) is 1. The van der Waals surface area contributed by atoms with Gasteiger partial charge in [0.1, 0.15) is 0 Å². The van der Waals surface area contributed by atoms with Gasteiger partial charge in [-0.25, -0.2) is 0 Å². The highest BCUT2D eigenvalue weighted by Crippen LogP contribution is 2.10. The first-order chi connectivity index (χ1) is 16.8. The maximum atomic E-state index is 12.3. The summed E-state index contributed by atoms with van der Waals surface area (Å²) < 4.78 is 31.9. The number of hydrogen-bond acceptors (Lipinski definition) is 4. The highest BCUT2D eigenvalue weighted by Gasteiger charge is 2.24. The van der Waals surface area contributed by atoms with Gasteiger partial charge in [-0.05, 0) is 44.9 Å². The molecule has 1 amide bonds. The van der Waals surface area contributed by atoms with E-state index >= 15 is 0 Å². The van der Waals surface area contributed by atoms with Crippen LogP contribution in [-0.4, -0.2) is 41.9 Å². The first kappa shape index (κ1) is 33.6. The standard InChI is InChI=1S/C28H51NO5S/c1-3-5-7-9-11-12-13-14-15-16-17-18-20-22-24-28(31)29-26(25-35(32,33)34)27(30)23-21-19-10-8-6-4-2/h9,11,13-14,21,23,26-27,30H,3-8,10,12,15-20,22,24-25H2,1-2H3,(H,29,31)(H,32,33,34)/b11-9-,14-13-,23-21+. The molecule has 0 aromatic heterocycles. The molecular weight excluding hydrogens is 462 g/mol. The Morgan fingerprint density at radius 3 is 1.94 bits per heavy atom. The number of aliphatic hydroxyl groups excluding tert-OH is 1. The Morgan fingerprint density at radius 2 is 1.31 bits per heavy atom. The van der Waals surface area contributed by atoms with Crippen LogP contribution in [0.2, 0.25) is 0 Å². The number of hydrogen-bond donors (Lipinski definition) is 3. The Bertz CT molecular complexity index is 700. The Kier molecular flexibility index (Phi) is 22.0. The predicted octanol–water partition coefficient (Wildman–Crippen LogP) is 6.67. The molecule has 0 rings (SSSR count). The van der Waals surface area contributed by atoms with Crippen molar-refractivity contribution < 1.29 is 22.9 Å². The lowest BCUT2D eigenvalue weighted by Gasteiger charge is -2.21. The lowest BCUT2D eigenvalue weighted by atomic mass is 10.1. The summed E-state index contributed by atoms with van der Waals surface area (Å²) in [4.78, 5) is 12.3. The molecule has 35 heavy (non-hydrogen) atoms. The van der Waals surface area contributed by atoms with Crippen molar-refractivity contribution >= 4 is 16.0 Å². The molecule has 0 aromatic carbocycles. The zero-order chi connectivity index (χ0) is 26.2. The van der Waals surface area contributed by atoms with Crippen molar-refractivity contribution in [3.05, 3.63) is 36.5 Å². The minimum Gasteiger partial charge on any atom is -0.387 e. The van der Waals surface area contributed by atoms with Crippen molar-refractivity contribution in [2.75, 3.05) is 5.75 Å². The summed E-state index contributed by atoms with van der Waals surface area (Å²) in [5.41, 5.74) is 0. The molecule has 0 saturated carbocycles. The SMILES string of the molecule is CCCC/C=C\C/C=C\CCCCCCCC(=O)NC(CS(=O)(=O)O)C(O)/C=C/CCCCCC. The van der Waals surface area contributed by atoms with E-state index in [0.29, 0.717) is 6.42 Å². The summed E-state index contributed by atoms with van der Waals surface area (Å²) in [6, 6.07) is -1.06. The summed E-state index contributed by atoms with van der Waals surface area (Å²) in [5.74, 6) is -1.01. The van der Waals surface area contributed by atoms with E-state index in [2.05, 4.69) is 43.5 Å². The van der Waals surface area contributed by atoms with Crippen LogP contribution in [0.5, 0.6) is 0 Å². The number of amides is 1. The first-order valence-electron chi connectivity index (χ1n) is 13.7. The van der Waals surface area contributed by atoms with Gasteiger partial charge in [-0.15, -0.1) is 0 Å². The van der Waals surface area contributed by atoms with Gasteiger partial charge in [0.05, 0.1) is 17.9 Å². The number of carbonyl (C=O) groups is 1. The maximum Gasteiger partial charge on any atom is 0.267 e. The summed E-state index contributed by atoms with van der Waals surface area (Å²) >= 11 is 0. The molecule has 3 N–H and O–H groups in total. The van der Waals surface area contributed by atoms with E-state index in [4.69, 9.17) is 0 Å². The fourth-order valence-corrected chi connectivity index (χ4v) is 4.43. The van der Waals surface area contributed by atoms with Crippen molar-refractivity contribution in [1.29, 1.82) is 0 Å². The van der Waals surface area contributed by atoms with Gasteiger partial charge in [0.25, 0.3) is 10.1 Å². The Labute approximate surface area is 215 Å². The Hall–Kier alpha value is -1.44. The molecule has 0 aliphatic rings. The van der Waals surface area contributed by atoms with Crippen LogP contribution in [0, 0.1) is 0 Å². The fourth-order valence-electron chi connectivity index (χ4n) is 3.70. The van der Waals surface area contributed by atoms with E-state index in [-0.39, 0.29) is 12.3 Å². The highest BCUT2D eigenvalue weighted by atomic mass is 32.2. The second-order valence-corrected chi connectivity index (χ2v) is 10.8. The van der Waals surface area contributed by atoms with Gasteiger partial charge in [0, 0.05) is 6.42 Å². The highest BCUT2D eigenvalue weighted by molar-refractivity contribution is 7.85. The molecule has 2 atom stereocenters. The molecule has 0 spiro atoms. The van der Waals surface area contributed by atoms with Crippen molar-refractivity contribution in [2.24, 2.45) is 0 Å². The van der Waals surface area contributed by atoms with Crippen LogP contribution in [0.15, 0.2) is 36.5 Å². The number of unbranched alkanes of at least 4 members (excludes halogenated alkanes) is 11. The average molecular weight is 514 g/mol. The molecule has 0 aliphatic heterocycles. The maximum absolute atomic E-state index is 12.3. The average Bonchev–Trinajstić information content (AvgIpc) is 2.80. The van der Waals surface area contributed by atoms with Gasteiger partial charge in [0.15, 0.2) is 0 Å². The predicted molar refractivity (Wildman–Crippen MR) is 147 cm³/mol. The molecular formula is C28H51NO5S. The molecule has 0 heterocycles. The van der Waals surface area contributed by atoms with Crippen LogP contribution in [0.3, 0.4) is 0 Å². The molecule has 0 saturated heterocycles. The van der Waals surface area contributed by atoms with E-state index < -0.39 is 28.0 Å². The van der Waals surface area contributed by atoms with Crippen LogP contribution in [0.25, 0.3) is 0 Å². The topological polar surface area (TPSA) is 104 Å². The van der Waals surface area contributed by atoms with Crippen molar-refractivity contribution in [3.8, 4) is 0 Å². The Balaban J connectivity index is 4.10. The quantitative estimate of drug-likeness (QED) is 0.0804. The third-order valence-corrected chi connectivity index (χ3v) is 6.59. The van der Waals surface area contributed by atoms with Crippen LogP contribution in [0.1, 0.15) is 117 Å². The van der Waals surface area contributed by atoms with E-state index in [1.54, 1.807) is 0 Å². The van der Waals surface area contributed by atoms with Crippen LogP contribution >= 0.6 is 0 Å². The number of aliphatic hydroxyl groups is 1. The van der Waals surface area contributed by atoms with Crippen molar-refractivity contribution in [2.45, 2.75) is 129 Å². The molecule has 6 nitrogen and oxygen atoms in total. The smallest absolute Gasteiger partial charge is 0.267 e. The van der Waals surface area contributed by atoms with Gasteiger partial charge in [0.2, 0.25) is 5.91 Å². The summed E-state index contributed by atoms with van der Waals surface area (Å²) in [6.45, 7) is 4.34. The third kappa shape index (κ3) is 24.0. The minimum absolute atomic E-state index is 0.277. The zero-order valence-electron chi connectivity index (χ0n) is 22.2. The van der Waals surface area contributed by atoms with Gasteiger partial charge in [-0.2, -0.15) is 8.42 Å². The van der Waals surface area contributed by atoms with E-state index in [1.807, 2.05) is 6.08 Å². The second-order valence-electron chi connectivity index (χ2n) is 9.32. The minimum atomic E-state index is -4.32. The molecule has 0 aromatic rings. The third-order valence-electron chi connectivity index (χ3n) is 5.81. The molecule has 2 unspecified atom stereocenters. The summed E-state index contributed by atoms with van der Waals surface area (Å²) in [6.07, 6.45) is 27.2. The summed E-state index contributed by atoms with van der Waals surface area (Å²) in [5, 5.41) is 12.9. The lowest BCUT2D eigenvalue weighted by Crippen LogP contribution is -2.46. The summed E-state index contributed by atoms with van der Waals surface area (Å²) in [7, 11) is -4.32. The number of carbonyl (C=O) groups excluding carboxylic acids is 1. The van der Waals surface area contributed by atoms with E-state index in [1.165, 1.54) is 25.3 Å². The molecule has 0 radical (unpaired) electrons. The van der Waals surface area contributed by atoms with Crippen LogP contribution in [-0.2, 0) is 14.9 Å². The van der Waals surface area contributed by atoms with E-state index in [9.17, 15) is 22.9 Å². The van der Waals surface area contributed by atoms with Crippen molar-refractivity contribution in [3.63, 3.8) is 0 Å². The van der Waals surface area contributed by atoms with Crippen LogP contribution < -0.4 is 5.32 Å². The van der Waals surface area contributed by atoms with Crippen LogP contribution in [0.4, 0.5) is 0 Å². The molecule has 0 aliphatic carbocycles. The monoisotopic (exact) mass is 513 g/mol.